The van der Waals surface area contributed by atoms with Crippen molar-refractivity contribution in [1.29, 1.82) is 0 Å². The van der Waals surface area contributed by atoms with Gasteiger partial charge >= 0.3 is 0 Å². The van der Waals surface area contributed by atoms with Crippen molar-refractivity contribution in [3.8, 4) is 0 Å². The second kappa shape index (κ2) is 7.85. The number of sulfonamides is 1. The molecule has 0 unspecified atom stereocenters. The van der Waals surface area contributed by atoms with E-state index in [0.29, 0.717) is 18.7 Å². The Balaban J connectivity index is 1.76. The molecule has 0 spiro atoms. The van der Waals surface area contributed by atoms with E-state index in [1.165, 1.54) is 17.3 Å². The summed E-state index contributed by atoms with van der Waals surface area (Å²) in [4.78, 5) is 0.232. The van der Waals surface area contributed by atoms with Crippen molar-refractivity contribution < 1.29 is 8.42 Å². The fourth-order valence-electron chi connectivity index (χ4n) is 3.05. The number of aromatic nitrogens is 2. The molecule has 0 fully saturated rings. The zero-order valence-electron chi connectivity index (χ0n) is 15.0. The zero-order chi connectivity index (χ0) is 18.6. The van der Waals surface area contributed by atoms with Gasteiger partial charge in [-0.25, -0.2) is 13.1 Å². The van der Waals surface area contributed by atoms with Gasteiger partial charge < -0.3 is 0 Å². The van der Waals surface area contributed by atoms with E-state index in [-0.39, 0.29) is 10.8 Å². The van der Waals surface area contributed by atoms with Crippen molar-refractivity contribution in [3.63, 3.8) is 0 Å². The molecular formula is C20H23N3O2S. The maximum absolute atomic E-state index is 12.6. The molecule has 0 saturated carbocycles. The molecule has 0 bridgehead atoms. The second-order valence-electron chi connectivity index (χ2n) is 6.28. The van der Waals surface area contributed by atoms with Crippen LogP contribution < -0.4 is 4.72 Å². The van der Waals surface area contributed by atoms with Crippen molar-refractivity contribution in [2.24, 2.45) is 7.05 Å². The van der Waals surface area contributed by atoms with Gasteiger partial charge in [0, 0.05) is 19.5 Å². The highest BCUT2D eigenvalue weighted by Crippen LogP contribution is 2.27. The molecular weight excluding hydrogens is 346 g/mol. The second-order valence-corrected chi connectivity index (χ2v) is 8.01. The minimum absolute atomic E-state index is 0.134. The van der Waals surface area contributed by atoms with Gasteiger partial charge in [0.25, 0.3) is 0 Å². The Morgan fingerprint density at radius 3 is 2.00 bits per heavy atom. The summed E-state index contributed by atoms with van der Waals surface area (Å²) in [5.41, 5.74) is 2.98. The molecule has 1 N–H and O–H groups in total. The molecule has 0 aliphatic heterocycles. The Morgan fingerprint density at radius 2 is 1.54 bits per heavy atom. The summed E-state index contributed by atoms with van der Waals surface area (Å²) in [5.74, 6) is 0.134. The summed E-state index contributed by atoms with van der Waals surface area (Å²) in [5, 5.41) is 4.02. The highest BCUT2D eigenvalue weighted by atomic mass is 32.2. The highest BCUT2D eigenvalue weighted by molar-refractivity contribution is 7.89. The first-order valence-electron chi connectivity index (χ1n) is 8.57. The first-order valence-corrected chi connectivity index (χ1v) is 10.1. The highest BCUT2D eigenvalue weighted by Gasteiger charge is 2.21. The lowest BCUT2D eigenvalue weighted by Crippen LogP contribution is -2.26. The number of nitrogens with one attached hydrogen (secondary N) is 1. The van der Waals surface area contributed by atoms with E-state index in [1.54, 1.807) is 18.7 Å². The van der Waals surface area contributed by atoms with Gasteiger partial charge in [0.1, 0.15) is 4.90 Å². The Labute approximate surface area is 154 Å². The Morgan fingerprint density at radius 1 is 1.00 bits per heavy atom. The van der Waals surface area contributed by atoms with Gasteiger partial charge in [-0.1, -0.05) is 60.7 Å². The first kappa shape index (κ1) is 18.4. The Bertz CT molecular complexity index is 912. The minimum atomic E-state index is -3.56. The fraction of sp³-hybridized carbons (Fsp3) is 0.250. The molecule has 0 amide bonds. The van der Waals surface area contributed by atoms with E-state index in [2.05, 4.69) is 34.1 Å². The summed E-state index contributed by atoms with van der Waals surface area (Å²) in [7, 11) is -1.83. The van der Waals surface area contributed by atoms with Crippen LogP contribution in [0.2, 0.25) is 0 Å². The molecule has 0 atom stereocenters. The molecule has 1 heterocycles. The lowest BCUT2D eigenvalue weighted by atomic mass is 9.89. The van der Waals surface area contributed by atoms with Crippen LogP contribution in [-0.4, -0.2) is 24.7 Å². The molecule has 3 aromatic rings. The van der Waals surface area contributed by atoms with E-state index in [1.807, 2.05) is 36.4 Å². The van der Waals surface area contributed by atoms with E-state index in [4.69, 9.17) is 0 Å². The van der Waals surface area contributed by atoms with E-state index in [9.17, 15) is 8.42 Å². The van der Waals surface area contributed by atoms with Crippen LogP contribution in [0.3, 0.4) is 0 Å². The van der Waals surface area contributed by atoms with Gasteiger partial charge in [-0.15, -0.1) is 0 Å². The number of hydrogen-bond acceptors (Lipinski definition) is 3. The molecule has 5 nitrogen and oxygen atoms in total. The average molecular weight is 369 g/mol. The van der Waals surface area contributed by atoms with Gasteiger partial charge in [-0.3, -0.25) is 4.68 Å². The Hall–Kier alpha value is -2.44. The molecule has 0 radical (unpaired) electrons. The maximum atomic E-state index is 12.6. The number of hydrogen-bond donors (Lipinski definition) is 1. The SMILES string of the molecule is Cc1c(S(=O)(=O)NCCC(c2ccccc2)c2ccccc2)cnn1C. The van der Waals surface area contributed by atoms with Crippen LogP contribution in [0.15, 0.2) is 71.8 Å². The van der Waals surface area contributed by atoms with Crippen LogP contribution in [0.4, 0.5) is 0 Å². The van der Waals surface area contributed by atoms with Crippen LogP contribution in [0.5, 0.6) is 0 Å². The van der Waals surface area contributed by atoms with Crippen molar-refractivity contribution in [3.05, 3.63) is 83.7 Å². The van der Waals surface area contributed by atoms with Crippen LogP contribution in [0.25, 0.3) is 0 Å². The maximum Gasteiger partial charge on any atom is 0.243 e. The summed E-state index contributed by atoms with van der Waals surface area (Å²) in [6.07, 6.45) is 2.07. The van der Waals surface area contributed by atoms with Gasteiger partial charge in [-0.2, -0.15) is 5.10 Å². The first-order chi connectivity index (χ1) is 12.5. The van der Waals surface area contributed by atoms with Gasteiger partial charge in [-0.05, 0) is 24.5 Å². The summed E-state index contributed by atoms with van der Waals surface area (Å²) in [6.45, 7) is 2.10. The van der Waals surface area contributed by atoms with Crippen molar-refractivity contribution in [2.45, 2.75) is 24.2 Å². The molecule has 1 aromatic heterocycles. The topological polar surface area (TPSA) is 64.0 Å². The Kier molecular flexibility index (Phi) is 5.54. The summed E-state index contributed by atoms with van der Waals surface area (Å²) < 4.78 is 29.4. The molecule has 136 valence electrons. The lowest BCUT2D eigenvalue weighted by molar-refractivity contribution is 0.574. The van der Waals surface area contributed by atoms with E-state index < -0.39 is 10.0 Å². The normalized spacial score (nSPS) is 11.8. The smallest absolute Gasteiger partial charge is 0.243 e. The number of benzene rings is 2. The predicted octanol–water partition coefficient (Wildman–Crippen LogP) is 3.23. The third-order valence-electron chi connectivity index (χ3n) is 4.61. The molecule has 26 heavy (non-hydrogen) atoms. The van der Waals surface area contributed by atoms with Crippen LogP contribution in [-0.2, 0) is 17.1 Å². The van der Waals surface area contributed by atoms with Gasteiger partial charge in [0.05, 0.1) is 11.9 Å². The predicted molar refractivity (Wildman–Crippen MR) is 102 cm³/mol. The third kappa shape index (κ3) is 4.03. The third-order valence-corrected chi connectivity index (χ3v) is 6.17. The standard InChI is InChI=1S/C20H23N3O2S/c1-16-20(15-21-23(16)2)26(24,25)22-14-13-19(17-9-5-3-6-10-17)18-11-7-4-8-12-18/h3-12,15,19,22H,13-14H2,1-2H3. The number of rotatable bonds is 7. The molecule has 0 saturated heterocycles. The summed E-state index contributed by atoms with van der Waals surface area (Å²) >= 11 is 0. The van der Waals surface area contributed by atoms with Gasteiger partial charge in [0.15, 0.2) is 0 Å². The monoisotopic (exact) mass is 369 g/mol. The van der Waals surface area contributed by atoms with E-state index in [0.717, 1.165) is 0 Å². The van der Waals surface area contributed by atoms with Crippen LogP contribution in [0.1, 0.15) is 29.2 Å². The fourth-order valence-corrected chi connectivity index (χ4v) is 4.30. The van der Waals surface area contributed by atoms with E-state index >= 15 is 0 Å². The van der Waals surface area contributed by atoms with Gasteiger partial charge in [0.2, 0.25) is 10.0 Å². The molecule has 2 aromatic carbocycles. The molecule has 3 rings (SSSR count). The largest absolute Gasteiger partial charge is 0.272 e. The number of aryl methyl sites for hydroxylation is 1. The minimum Gasteiger partial charge on any atom is -0.272 e. The van der Waals surface area contributed by atoms with Crippen molar-refractivity contribution >= 4 is 10.0 Å². The quantitative estimate of drug-likeness (QED) is 0.695. The van der Waals surface area contributed by atoms with Crippen LogP contribution >= 0.6 is 0 Å². The summed E-state index contributed by atoms with van der Waals surface area (Å²) in [6, 6.07) is 20.3. The van der Waals surface area contributed by atoms with Crippen LogP contribution in [0, 0.1) is 6.92 Å². The zero-order valence-corrected chi connectivity index (χ0v) is 15.8. The average Bonchev–Trinajstić information content (AvgIpc) is 3.00. The van der Waals surface area contributed by atoms with Crippen molar-refractivity contribution in [1.82, 2.24) is 14.5 Å². The number of nitrogens with zero attached hydrogens (tertiary/aromatic N) is 2. The molecule has 0 aliphatic carbocycles. The van der Waals surface area contributed by atoms with Crippen molar-refractivity contribution in [2.75, 3.05) is 6.54 Å². The molecule has 6 heteroatoms. The molecule has 0 aliphatic rings. The lowest BCUT2D eigenvalue weighted by Gasteiger charge is -2.18.